The van der Waals surface area contributed by atoms with Crippen molar-refractivity contribution in [2.75, 3.05) is 5.32 Å². The van der Waals surface area contributed by atoms with E-state index in [9.17, 15) is 14.9 Å². The summed E-state index contributed by atoms with van der Waals surface area (Å²) in [6.45, 7) is 0. The molecule has 108 valence electrons. The highest BCUT2D eigenvalue weighted by Gasteiger charge is 2.10. The third kappa shape index (κ3) is 4.08. The standard InChI is InChI=1S/C13H8Cl2N2O4/c14-10-4-1-8(7-11(10)15)16-12(18)5-2-9-3-6-13(21-9)17(19)20/h1-7H,(H,16,18)/b5-2+. The van der Waals surface area contributed by atoms with Crippen molar-refractivity contribution in [3.63, 3.8) is 0 Å². The minimum absolute atomic E-state index is 0.200. The summed E-state index contributed by atoms with van der Waals surface area (Å²) in [7, 11) is 0. The van der Waals surface area contributed by atoms with Gasteiger partial charge in [0.15, 0.2) is 0 Å². The Labute approximate surface area is 129 Å². The average molecular weight is 327 g/mol. The van der Waals surface area contributed by atoms with Gasteiger partial charge in [-0.05, 0) is 30.3 Å². The fourth-order valence-corrected chi connectivity index (χ4v) is 1.74. The van der Waals surface area contributed by atoms with E-state index in [4.69, 9.17) is 27.6 Å². The maximum absolute atomic E-state index is 11.7. The number of nitrogens with one attached hydrogen (secondary N) is 1. The number of anilines is 1. The van der Waals surface area contributed by atoms with Gasteiger partial charge in [-0.3, -0.25) is 14.9 Å². The third-order valence-corrected chi connectivity index (χ3v) is 3.12. The van der Waals surface area contributed by atoms with Crippen molar-refractivity contribution >= 4 is 46.8 Å². The molecule has 2 rings (SSSR count). The van der Waals surface area contributed by atoms with E-state index in [-0.39, 0.29) is 11.6 Å². The normalized spacial score (nSPS) is 10.8. The second kappa shape index (κ2) is 6.43. The van der Waals surface area contributed by atoms with Gasteiger partial charge in [-0.1, -0.05) is 23.2 Å². The lowest BCUT2D eigenvalue weighted by atomic mass is 10.3. The molecule has 0 spiro atoms. The number of hydrogen-bond acceptors (Lipinski definition) is 4. The van der Waals surface area contributed by atoms with Crippen molar-refractivity contribution in [3.8, 4) is 0 Å². The van der Waals surface area contributed by atoms with Gasteiger partial charge in [-0.15, -0.1) is 0 Å². The first-order valence-corrected chi connectivity index (χ1v) is 6.39. The molecule has 0 aliphatic carbocycles. The van der Waals surface area contributed by atoms with E-state index in [1.165, 1.54) is 30.4 Å². The molecule has 0 atom stereocenters. The fourth-order valence-electron chi connectivity index (χ4n) is 1.45. The van der Waals surface area contributed by atoms with Crippen molar-refractivity contribution in [3.05, 3.63) is 62.3 Å². The van der Waals surface area contributed by atoms with Crippen LogP contribution in [0.1, 0.15) is 5.76 Å². The molecule has 8 heteroatoms. The first-order valence-electron chi connectivity index (χ1n) is 5.64. The molecule has 1 aromatic heterocycles. The van der Waals surface area contributed by atoms with E-state index in [0.717, 1.165) is 0 Å². The molecule has 0 radical (unpaired) electrons. The lowest BCUT2D eigenvalue weighted by molar-refractivity contribution is -0.402. The number of rotatable bonds is 4. The summed E-state index contributed by atoms with van der Waals surface area (Å²) in [6.07, 6.45) is 2.50. The van der Waals surface area contributed by atoms with Gasteiger partial charge in [0.1, 0.15) is 10.7 Å². The molecular formula is C13H8Cl2N2O4. The predicted octanol–water partition coefficient (Wildman–Crippen LogP) is 4.15. The van der Waals surface area contributed by atoms with E-state index < -0.39 is 10.8 Å². The largest absolute Gasteiger partial charge is 0.433 e. The van der Waals surface area contributed by atoms with Crippen LogP contribution in [-0.4, -0.2) is 10.8 Å². The Morgan fingerprint density at radius 1 is 1.24 bits per heavy atom. The lowest BCUT2D eigenvalue weighted by Crippen LogP contribution is -2.07. The molecule has 1 amide bonds. The molecule has 0 fully saturated rings. The first kappa shape index (κ1) is 15.1. The van der Waals surface area contributed by atoms with E-state index in [1.54, 1.807) is 12.1 Å². The fraction of sp³-hybridized carbons (Fsp3) is 0. The van der Waals surface area contributed by atoms with Gasteiger partial charge in [-0.25, -0.2) is 0 Å². The second-order valence-corrected chi connectivity index (χ2v) is 4.70. The van der Waals surface area contributed by atoms with Crippen LogP contribution in [0.15, 0.2) is 40.8 Å². The molecule has 0 aliphatic heterocycles. The Morgan fingerprint density at radius 2 is 2.00 bits per heavy atom. The number of halogens is 2. The topological polar surface area (TPSA) is 85.4 Å². The first-order chi connectivity index (χ1) is 9.95. The molecule has 0 aliphatic rings. The zero-order valence-corrected chi connectivity index (χ0v) is 11.9. The number of hydrogen-bond donors (Lipinski definition) is 1. The van der Waals surface area contributed by atoms with E-state index in [2.05, 4.69) is 5.32 Å². The quantitative estimate of drug-likeness (QED) is 0.519. The number of carbonyl (C=O) groups is 1. The summed E-state index contributed by atoms with van der Waals surface area (Å²) in [6, 6.07) is 7.25. The molecule has 0 bridgehead atoms. The maximum Gasteiger partial charge on any atom is 0.433 e. The Hall–Kier alpha value is -2.31. The summed E-state index contributed by atoms with van der Waals surface area (Å²) in [5, 5.41) is 13.7. The summed E-state index contributed by atoms with van der Waals surface area (Å²) in [4.78, 5) is 21.5. The van der Waals surface area contributed by atoms with Crippen LogP contribution in [0, 0.1) is 10.1 Å². The minimum atomic E-state index is -0.660. The van der Waals surface area contributed by atoms with Gasteiger partial charge in [0.05, 0.1) is 16.1 Å². The van der Waals surface area contributed by atoms with Crippen molar-refractivity contribution < 1.29 is 14.1 Å². The smallest absolute Gasteiger partial charge is 0.401 e. The molecule has 1 aromatic carbocycles. The number of carbonyl (C=O) groups excluding carboxylic acids is 1. The summed E-state index contributed by atoms with van der Waals surface area (Å²) < 4.78 is 4.88. The van der Waals surface area contributed by atoms with Crippen LogP contribution in [-0.2, 0) is 4.79 Å². The molecule has 0 saturated carbocycles. The molecule has 2 aromatic rings. The molecule has 21 heavy (non-hydrogen) atoms. The summed E-state index contributed by atoms with van der Waals surface area (Å²) >= 11 is 11.6. The van der Waals surface area contributed by atoms with Crippen LogP contribution >= 0.6 is 23.2 Å². The molecule has 1 heterocycles. The van der Waals surface area contributed by atoms with Crippen LogP contribution < -0.4 is 5.32 Å². The highest BCUT2D eigenvalue weighted by molar-refractivity contribution is 6.42. The van der Waals surface area contributed by atoms with Crippen LogP contribution in [0.5, 0.6) is 0 Å². The monoisotopic (exact) mass is 326 g/mol. The van der Waals surface area contributed by atoms with Gasteiger partial charge < -0.3 is 9.73 Å². The van der Waals surface area contributed by atoms with Gasteiger partial charge in [0.25, 0.3) is 0 Å². The van der Waals surface area contributed by atoms with Crippen LogP contribution in [0.4, 0.5) is 11.6 Å². The minimum Gasteiger partial charge on any atom is -0.401 e. The molecular weight excluding hydrogens is 319 g/mol. The number of furan rings is 1. The van der Waals surface area contributed by atoms with Gasteiger partial charge in [0.2, 0.25) is 5.91 Å². The average Bonchev–Trinajstić information content (AvgIpc) is 2.90. The van der Waals surface area contributed by atoms with Crippen molar-refractivity contribution in [2.45, 2.75) is 0 Å². The van der Waals surface area contributed by atoms with Crippen LogP contribution in [0.25, 0.3) is 6.08 Å². The van der Waals surface area contributed by atoms with Gasteiger partial charge >= 0.3 is 5.88 Å². The van der Waals surface area contributed by atoms with E-state index >= 15 is 0 Å². The maximum atomic E-state index is 11.7. The number of nitro groups is 1. The molecule has 6 nitrogen and oxygen atoms in total. The molecule has 0 unspecified atom stereocenters. The number of benzene rings is 1. The van der Waals surface area contributed by atoms with Gasteiger partial charge in [0, 0.05) is 11.8 Å². The lowest BCUT2D eigenvalue weighted by Gasteiger charge is -2.03. The molecule has 1 N–H and O–H groups in total. The Kier molecular flexibility index (Phi) is 4.62. The van der Waals surface area contributed by atoms with Crippen LogP contribution in [0.3, 0.4) is 0 Å². The molecule has 0 saturated heterocycles. The number of amides is 1. The third-order valence-electron chi connectivity index (χ3n) is 2.38. The Morgan fingerprint density at radius 3 is 2.62 bits per heavy atom. The highest BCUT2D eigenvalue weighted by Crippen LogP contribution is 2.25. The zero-order chi connectivity index (χ0) is 15.4. The number of nitrogens with zero attached hydrogens (tertiary/aromatic N) is 1. The zero-order valence-electron chi connectivity index (χ0n) is 10.4. The summed E-state index contributed by atoms with van der Waals surface area (Å²) in [5.41, 5.74) is 0.476. The Balaban J connectivity index is 2.01. The predicted molar refractivity (Wildman–Crippen MR) is 79.5 cm³/mol. The van der Waals surface area contributed by atoms with Crippen LogP contribution in [0.2, 0.25) is 10.0 Å². The van der Waals surface area contributed by atoms with Crippen molar-refractivity contribution in [1.82, 2.24) is 0 Å². The summed E-state index contributed by atoms with van der Waals surface area (Å²) in [5.74, 6) is -0.627. The highest BCUT2D eigenvalue weighted by atomic mass is 35.5. The van der Waals surface area contributed by atoms with E-state index in [0.29, 0.717) is 15.7 Å². The van der Waals surface area contributed by atoms with Gasteiger partial charge in [-0.2, -0.15) is 0 Å². The second-order valence-electron chi connectivity index (χ2n) is 3.88. The SMILES string of the molecule is O=C(/C=C/c1ccc([N+](=O)[O-])o1)Nc1ccc(Cl)c(Cl)c1. The Bertz CT molecular complexity index is 725. The van der Waals surface area contributed by atoms with Crippen molar-refractivity contribution in [2.24, 2.45) is 0 Å². The van der Waals surface area contributed by atoms with E-state index in [1.807, 2.05) is 0 Å². The van der Waals surface area contributed by atoms with Crippen molar-refractivity contribution in [1.29, 1.82) is 0 Å².